The first-order valence-corrected chi connectivity index (χ1v) is 10.1. The van der Waals surface area contributed by atoms with Crippen LogP contribution in [0.1, 0.15) is 16.3 Å². The normalized spacial score (nSPS) is 15.7. The summed E-state index contributed by atoms with van der Waals surface area (Å²) < 4.78 is 69.4. The molecule has 27 heavy (non-hydrogen) atoms. The highest BCUT2D eigenvalue weighted by Crippen LogP contribution is 2.37. The van der Waals surface area contributed by atoms with Crippen molar-refractivity contribution in [2.75, 3.05) is 6.54 Å². The van der Waals surface area contributed by atoms with Crippen molar-refractivity contribution in [2.45, 2.75) is 24.0 Å². The van der Waals surface area contributed by atoms with Gasteiger partial charge in [0.05, 0.1) is 4.90 Å². The quantitative estimate of drug-likeness (QED) is 0.654. The van der Waals surface area contributed by atoms with Crippen molar-refractivity contribution >= 4 is 21.4 Å². The minimum absolute atomic E-state index is 0.0429. The molecule has 0 saturated carbocycles. The van der Waals surface area contributed by atoms with E-state index in [2.05, 4.69) is 14.7 Å². The van der Waals surface area contributed by atoms with Gasteiger partial charge in [0.2, 0.25) is 15.8 Å². The third-order valence-electron chi connectivity index (χ3n) is 4.19. The third kappa shape index (κ3) is 3.26. The van der Waals surface area contributed by atoms with Crippen LogP contribution in [0.3, 0.4) is 0 Å². The van der Waals surface area contributed by atoms with Crippen LogP contribution in [-0.2, 0) is 29.2 Å². The first-order valence-electron chi connectivity index (χ1n) is 7.82. The lowest BCUT2D eigenvalue weighted by molar-refractivity contribution is -0.159. The Balaban J connectivity index is 1.68. The van der Waals surface area contributed by atoms with E-state index < -0.39 is 22.1 Å². The summed E-state index contributed by atoms with van der Waals surface area (Å²) >= 11 is 1.35. The summed E-state index contributed by atoms with van der Waals surface area (Å²) in [6.07, 6.45) is -4.26. The Morgan fingerprint density at radius 3 is 2.59 bits per heavy atom. The lowest BCUT2D eigenvalue weighted by Gasteiger charge is -2.26. The summed E-state index contributed by atoms with van der Waals surface area (Å²) in [5, 5.41) is 5.04. The SMILES string of the molecule is O=S(=O)(c1ccccc1)N1CCc2scc(-c3noc(C(F)(F)F)n3)c2C1. The molecular formula is C16H12F3N3O3S2. The van der Waals surface area contributed by atoms with Crippen LogP contribution >= 0.6 is 11.3 Å². The standard InChI is InChI=1S/C16H12F3N3O3S2/c17-16(18,19)15-20-14(21-25-15)12-9-26-13-6-7-22(8-11(12)13)27(23,24)10-4-2-1-3-5-10/h1-5,9H,6-8H2. The van der Waals surface area contributed by atoms with Crippen LogP contribution in [0.15, 0.2) is 45.1 Å². The van der Waals surface area contributed by atoms with E-state index in [-0.39, 0.29) is 17.3 Å². The Morgan fingerprint density at radius 1 is 1.19 bits per heavy atom. The molecule has 0 aliphatic carbocycles. The van der Waals surface area contributed by atoms with Gasteiger partial charge in [-0.25, -0.2) is 8.42 Å². The molecule has 3 aromatic rings. The zero-order valence-electron chi connectivity index (χ0n) is 13.6. The van der Waals surface area contributed by atoms with Crippen molar-refractivity contribution in [1.82, 2.24) is 14.4 Å². The van der Waals surface area contributed by atoms with Crippen LogP contribution < -0.4 is 0 Å². The predicted molar refractivity (Wildman–Crippen MR) is 90.4 cm³/mol. The molecule has 0 saturated heterocycles. The molecule has 0 bridgehead atoms. The Hall–Kier alpha value is -2.24. The second-order valence-corrected chi connectivity index (χ2v) is 8.78. The number of nitrogens with zero attached hydrogens (tertiary/aromatic N) is 3. The summed E-state index contributed by atoms with van der Waals surface area (Å²) in [4.78, 5) is 4.49. The van der Waals surface area contributed by atoms with Gasteiger partial charge in [-0.3, -0.25) is 0 Å². The van der Waals surface area contributed by atoms with Crippen LogP contribution in [0.4, 0.5) is 13.2 Å². The molecule has 0 atom stereocenters. The molecule has 1 aliphatic heterocycles. The minimum Gasteiger partial charge on any atom is -0.329 e. The van der Waals surface area contributed by atoms with Crippen LogP contribution in [0, 0.1) is 0 Å². The fourth-order valence-corrected chi connectivity index (χ4v) is 5.33. The first-order chi connectivity index (χ1) is 12.8. The van der Waals surface area contributed by atoms with Crippen molar-refractivity contribution in [3.8, 4) is 11.4 Å². The maximum atomic E-state index is 12.8. The Kier molecular flexibility index (Phi) is 4.32. The van der Waals surface area contributed by atoms with Crippen LogP contribution in [0.25, 0.3) is 11.4 Å². The number of thiophene rings is 1. The van der Waals surface area contributed by atoms with Crippen molar-refractivity contribution in [3.05, 3.63) is 52.0 Å². The summed E-state index contributed by atoms with van der Waals surface area (Å²) in [6, 6.07) is 8.01. The molecule has 11 heteroatoms. The largest absolute Gasteiger partial charge is 0.471 e. The van der Waals surface area contributed by atoms with Gasteiger partial charge in [-0.2, -0.15) is 22.5 Å². The third-order valence-corrected chi connectivity index (χ3v) is 7.14. The number of alkyl halides is 3. The van der Waals surface area contributed by atoms with Crippen LogP contribution in [-0.4, -0.2) is 29.4 Å². The summed E-state index contributed by atoms with van der Waals surface area (Å²) in [5.74, 6) is -1.62. The van der Waals surface area contributed by atoms with Crippen molar-refractivity contribution in [1.29, 1.82) is 0 Å². The molecule has 0 amide bonds. The zero-order valence-corrected chi connectivity index (χ0v) is 15.2. The van der Waals surface area contributed by atoms with Crippen molar-refractivity contribution < 1.29 is 26.1 Å². The van der Waals surface area contributed by atoms with Crippen molar-refractivity contribution in [2.24, 2.45) is 0 Å². The minimum atomic E-state index is -4.73. The van der Waals surface area contributed by atoms with Crippen LogP contribution in [0.5, 0.6) is 0 Å². The summed E-state index contributed by atoms with van der Waals surface area (Å²) in [7, 11) is -3.71. The van der Waals surface area contributed by atoms with Gasteiger partial charge in [-0.15, -0.1) is 11.3 Å². The van der Waals surface area contributed by atoms with E-state index in [9.17, 15) is 21.6 Å². The van der Waals surface area contributed by atoms with Gasteiger partial charge in [-0.05, 0) is 24.1 Å². The van der Waals surface area contributed by atoms with E-state index in [1.807, 2.05) is 0 Å². The summed E-state index contributed by atoms with van der Waals surface area (Å²) in [6.45, 7) is 0.339. The number of aromatic nitrogens is 2. The molecule has 0 unspecified atom stereocenters. The van der Waals surface area contributed by atoms with Crippen molar-refractivity contribution in [3.63, 3.8) is 0 Å². The Morgan fingerprint density at radius 2 is 1.93 bits per heavy atom. The van der Waals surface area contributed by atoms with E-state index in [4.69, 9.17) is 0 Å². The molecule has 3 heterocycles. The molecule has 0 fully saturated rings. The van der Waals surface area contributed by atoms with Gasteiger partial charge in [-0.1, -0.05) is 23.4 Å². The van der Waals surface area contributed by atoms with Gasteiger partial charge >= 0.3 is 12.1 Å². The van der Waals surface area contributed by atoms with E-state index in [0.29, 0.717) is 24.1 Å². The first kappa shape index (κ1) is 18.1. The highest BCUT2D eigenvalue weighted by molar-refractivity contribution is 7.89. The topological polar surface area (TPSA) is 76.3 Å². The fraction of sp³-hybridized carbons (Fsp3) is 0.250. The lowest BCUT2D eigenvalue weighted by Crippen LogP contribution is -2.35. The number of benzene rings is 1. The predicted octanol–water partition coefficient (Wildman–Crippen LogP) is 3.56. The molecule has 1 aliphatic rings. The number of halogens is 3. The van der Waals surface area contributed by atoms with E-state index >= 15 is 0 Å². The number of hydrogen-bond acceptors (Lipinski definition) is 6. The second-order valence-electron chi connectivity index (χ2n) is 5.87. The van der Waals surface area contributed by atoms with E-state index in [1.165, 1.54) is 27.8 Å². The molecular weight excluding hydrogens is 403 g/mol. The monoisotopic (exact) mass is 415 g/mol. The molecule has 0 spiro atoms. The maximum absolute atomic E-state index is 12.8. The zero-order chi connectivity index (χ0) is 19.2. The molecule has 142 valence electrons. The average molecular weight is 415 g/mol. The van der Waals surface area contributed by atoms with Gasteiger partial charge in [0.1, 0.15) is 0 Å². The lowest BCUT2D eigenvalue weighted by atomic mass is 10.1. The average Bonchev–Trinajstić information content (AvgIpc) is 3.28. The molecule has 0 radical (unpaired) electrons. The molecule has 1 aromatic carbocycles. The van der Waals surface area contributed by atoms with Gasteiger partial charge in [0.15, 0.2) is 0 Å². The summed E-state index contributed by atoms with van der Waals surface area (Å²) in [5.41, 5.74) is 0.975. The number of rotatable bonds is 3. The number of fused-ring (bicyclic) bond motifs is 1. The van der Waals surface area contributed by atoms with Gasteiger partial charge in [0, 0.05) is 28.9 Å². The fourth-order valence-electron chi connectivity index (χ4n) is 2.87. The smallest absolute Gasteiger partial charge is 0.329 e. The molecule has 0 N–H and O–H groups in total. The van der Waals surface area contributed by atoms with E-state index in [1.54, 1.807) is 23.6 Å². The van der Waals surface area contributed by atoms with E-state index in [0.717, 1.165) is 4.88 Å². The highest BCUT2D eigenvalue weighted by atomic mass is 32.2. The Labute approximate surface area is 156 Å². The molecule has 6 nitrogen and oxygen atoms in total. The second kappa shape index (κ2) is 6.43. The maximum Gasteiger partial charge on any atom is 0.471 e. The van der Waals surface area contributed by atoms with Gasteiger partial charge in [0.25, 0.3) is 0 Å². The highest BCUT2D eigenvalue weighted by Gasteiger charge is 2.39. The van der Waals surface area contributed by atoms with Gasteiger partial charge < -0.3 is 4.52 Å². The Bertz CT molecular complexity index is 1080. The number of hydrogen-bond donors (Lipinski definition) is 0. The molecule has 4 rings (SSSR count). The van der Waals surface area contributed by atoms with Crippen LogP contribution in [0.2, 0.25) is 0 Å². The number of sulfonamides is 1. The molecule has 2 aromatic heterocycles.